The van der Waals surface area contributed by atoms with Crippen LogP contribution in [0.1, 0.15) is 169 Å². The van der Waals surface area contributed by atoms with Gasteiger partial charge >= 0.3 is 0 Å². The van der Waals surface area contributed by atoms with Crippen LogP contribution in [0.3, 0.4) is 0 Å². The van der Waals surface area contributed by atoms with Crippen LogP contribution in [0, 0.1) is 5.92 Å². The van der Waals surface area contributed by atoms with Gasteiger partial charge in [-0.3, -0.25) is 0 Å². The smallest absolute Gasteiger partial charge is 0.000955 e. The van der Waals surface area contributed by atoms with E-state index in [0.29, 0.717) is 0 Å². The molecule has 188 valence electrons. The normalized spacial score (nSPS) is 12.7. The zero-order valence-electron chi connectivity index (χ0n) is 22.7. The Labute approximate surface area is 199 Å². The van der Waals surface area contributed by atoms with Crippen molar-refractivity contribution >= 4 is 0 Å². The van der Waals surface area contributed by atoms with E-state index in [-0.39, 0.29) is 0 Å². The Hall–Kier alpha value is -0.0400. The zero-order valence-corrected chi connectivity index (χ0v) is 22.7. The summed E-state index contributed by atoms with van der Waals surface area (Å²) in [4.78, 5) is 2.85. The van der Waals surface area contributed by atoms with E-state index in [1.54, 1.807) is 0 Å². The molecule has 0 aliphatic carbocycles. The lowest BCUT2D eigenvalue weighted by molar-refractivity contribution is 0.210. The van der Waals surface area contributed by atoms with Crippen LogP contribution in [0.15, 0.2) is 0 Å². The van der Waals surface area contributed by atoms with Gasteiger partial charge in [0.1, 0.15) is 0 Å². The van der Waals surface area contributed by atoms with Crippen LogP contribution < -0.4 is 0 Å². The SMILES string of the molecule is CCCCCCCCCCCN(CCCCCCCCCCC)CC(CC)CCCC. The van der Waals surface area contributed by atoms with Crippen molar-refractivity contribution in [1.82, 2.24) is 4.90 Å². The zero-order chi connectivity index (χ0) is 22.8. The molecule has 0 aliphatic heterocycles. The monoisotopic (exact) mass is 437 g/mol. The van der Waals surface area contributed by atoms with E-state index in [1.807, 2.05) is 0 Å². The molecule has 1 nitrogen and oxygen atoms in total. The molecule has 31 heavy (non-hydrogen) atoms. The first-order valence-electron chi connectivity index (χ1n) is 15.0. The Morgan fingerprint density at radius 2 is 0.774 bits per heavy atom. The largest absolute Gasteiger partial charge is 0.303 e. The van der Waals surface area contributed by atoms with Crippen LogP contribution >= 0.6 is 0 Å². The summed E-state index contributed by atoms with van der Waals surface area (Å²) in [6.07, 6.45) is 31.6. The highest BCUT2D eigenvalue weighted by atomic mass is 15.1. The fourth-order valence-corrected chi connectivity index (χ4v) is 4.87. The highest BCUT2D eigenvalue weighted by molar-refractivity contribution is 4.66. The molecule has 0 aromatic carbocycles. The van der Waals surface area contributed by atoms with Gasteiger partial charge in [-0.05, 0) is 38.3 Å². The van der Waals surface area contributed by atoms with Gasteiger partial charge in [0.2, 0.25) is 0 Å². The minimum Gasteiger partial charge on any atom is -0.303 e. The Balaban J connectivity index is 3.99. The molecule has 0 bridgehead atoms. The second-order valence-electron chi connectivity index (χ2n) is 10.4. The molecule has 0 aromatic heterocycles. The van der Waals surface area contributed by atoms with Crippen molar-refractivity contribution < 1.29 is 0 Å². The average molecular weight is 438 g/mol. The minimum absolute atomic E-state index is 0.928. The van der Waals surface area contributed by atoms with Gasteiger partial charge in [-0.25, -0.2) is 0 Å². The third kappa shape index (κ3) is 22.9. The summed E-state index contributed by atoms with van der Waals surface area (Å²) >= 11 is 0. The van der Waals surface area contributed by atoms with Crippen LogP contribution in [0.4, 0.5) is 0 Å². The fraction of sp³-hybridized carbons (Fsp3) is 1.00. The molecule has 0 fully saturated rings. The van der Waals surface area contributed by atoms with E-state index in [4.69, 9.17) is 0 Å². The maximum absolute atomic E-state index is 2.85. The van der Waals surface area contributed by atoms with E-state index >= 15 is 0 Å². The quantitative estimate of drug-likeness (QED) is 0.122. The third-order valence-corrected chi connectivity index (χ3v) is 7.22. The molecule has 0 saturated heterocycles. The summed E-state index contributed by atoms with van der Waals surface area (Å²) in [6, 6.07) is 0. The molecular weight excluding hydrogens is 374 g/mol. The lowest BCUT2D eigenvalue weighted by Crippen LogP contribution is -2.31. The first-order valence-corrected chi connectivity index (χ1v) is 15.0. The molecule has 0 radical (unpaired) electrons. The van der Waals surface area contributed by atoms with Gasteiger partial charge < -0.3 is 4.90 Å². The van der Waals surface area contributed by atoms with E-state index in [0.717, 1.165) is 5.92 Å². The second-order valence-corrected chi connectivity index (χ2v) is 10.4. The number of rotatable bonds is 26. The molecule has 0 heterocycles. The van der Waals surface area contributed by atoms with Crippen molar-refractivity contribution in [1.29, 1.82) is 0 Å². The van der Waals surface area contributed by atoms with Crippen molar-refractivity contribution in [2.45, 2.75) is 169 Å². The molecule has 1 heteroatoms. The van der Waals surface area contributed by atoms with Crippen LogP contribution in [0.5, 0.6) is 0 Å². The molecule has 0 aliphatic rings. The second kappa shape index (κ2) is 26.2. The summed E-state index contributed by atoms with van der Waals surface area (Å²) in [5, 5.41) is 0. The predicted molar refractivity (Wildman–Crippen MR) is 144 cm³/mol. The standard InChI is InChI=1S/C30H63N/c1-5-9-12-14-16-18-20-22-24-27-31(29-30(8-4)26-11-7-3)28-25-23-21-19-17-15-13-10-6-2/h30H,5-29H2,1-4H3. The van der Waals surface area contributed by atoms with Crippen molar-refractivity contribution in [3.05, 3.63) is 0 Å². The van der Waals surface area contributed by atoms with Gasteiger partial charge in [-0.15, -0.1) is 0 Å². The van der Waals surface area contributed by atoms with E-state index in [1.165, 1.54) is 161 Å². The van der Waals surface area contributed by atoms with Crippen molar-refractivity contribution in [3.8, 4) is 0 Å². The van der Waals surface area contributed by atoms with Gasteiger partial charge in [0.05, 0.1) is 0 Å². The topological polar surface area (TPSA) is 3.24 Å². The summed E-state index contributed by atoms with van der Waals surface area (Å²) in [5.41, 5.74) is 0. The third-order valence-electron chi connectivity index (χ3n) is 7.22. The first kappa shape index (κ1) is 31.0. The average Bonchev–Trinajstić information content (AvgIpc) is 2.79. The number of unbranched alkanes of at least 4 members (excludes halogenated alkanes) is 17. The maximum atomic E-state index is 2.85. The van der Waals surface area contributed by atoms with Gasteiger partial charge in [-0.2, -0.15) is 0 Å². The molecule has 0 N–H and O–H groups in total. The van der Waals surface area contributed by atoms with Crippen LogP contribution in [-0.2, 0) is 0 Å². The van der Waals surface area contributed by atoms with Crippen LogP contribution in [0.2, 0.25) is 0 Å². The lowest BCUT2D eigenvalue weighted by Gasteiger charge is -2.27. The maximum Gasteiger partial charge on any atom is 0.000955 e. The molecule has 0 amide bonds. The van der Waals surface area contributed by atoms with E-state index < -0.39 is 0 Å². The summed E-state index contributed by atoms with van der Waals surface area (Å²) in [5.74, 6) is 0.928. The minimum atomic E-state index is 0.928. The van der Waals surface area contributed by atoms with Gasteiger partial charge in [-0.1, -0.05) is 150 Å². The molecule has 0 rings (SSSR count). The molecule has 0 saturated carbocycles. The Morgan fingerprint density at radius 3 is 1.13 bits per heavy atom. The first-order chi connectivity index (χ1) is 15.3. The highest BCUT2D eigenvalue weighted by Gasteiger charge is 2.12. The van der Waals surface area contributed by atoms with Crippen molar-refractivity contribution in [2.75, 3.05) is 19.6 Å². The van der Waals surface area contributed by atoms with E-state index in [2.05, 4.69) is 32.6 Å². The van der Waals surface area contributed by atoms with Gasteiger partial charge in [0, 0.05) is 6.54 Å². The number of nitrogens with zero attached hydrogens (tertiary/aromatic N) is 1. The Morgan fingerprint density at radius 1 is 0.419 bits per heavy atom. The van der Waals surface area contributed by atoms with E-state index in [9.17, 15) is 0 Å². The van der Waals surface area contributed by atoms with Gasteiger partial charge in [0.15, 0.2) is 0 Å². The summed E-state index contributed by atoms with van der Waals surface area (Å²) in [7, 11) is 0. The molecule has 1 atom stereocenters. The highest BCUT2D eigenvalue weighted by Crippen LogP contribution is 2.17. The summed E-state index contributed by atoms with van der Waals surface area (Å²) < 4.78 is 0. The van der Waals surface area contributed by atoms with Crippen LogP contribution in [-0.4, -0.2) is 24.5 Å². The fourth-order valence-electron chi connectivity index (χ4n) is 4.87. The number of hydrogen-bond acceptors (Lipinski definition) is 1. The number of hydrogen-bond donors (Lipinski definition) is 0. The van der Waals surface area contributed by atoms with Crippen molar-refractivity contribution in [3.63, 3.8) is 0 Å². The van der Waals surface area contributed by atoms with Crippen LogP contribution in [0.25, 0.3) is 0 Å². The Bertz CT molecular complexity index is 292. The molecular formula is C30H63N. The molecule has 1 unspecified atom stereocenters. The molecule has 0 spiro atoms. The van der Waals surface area contributed by atoms with Crippen molar-refractivity contribution in [2.24, 2.45) is 5.92 Å². The lowest BCUT2D eigenvalue weighted by atomic mass is 9.98. The summed E-state index contributed by atoms with van der Waals surface area (Å²) in [6.45, 7) is 13.5. The van der Waals surface area contributed by atoms with Gasteiger partial charge in [0.25, 0.3) is 0 Å². The Kier molecular flexibility index (Phi) is 26.2. The predicted octanol–water partition coefficient (Wildman–Crippen LogP) is 10.6. The molecule has 0 aromatic rings.